The van der Waals surface area contributed by atoms with Gasteiger partial charge in [0.05, 0.1) is 0 Å². The van der Waals surface area contributed by atoms with Gasteiger partial charge in [-0.1, -0.05) is 34.1 Å². The van der Waals surface area contributed by atoms with Crippen LogP contribution in [-0.2, 0) is 0 Å². The van der Waals surface area contributed by atoms with Crippen LogP contribution >= 0.6 is 0 Å². The van der Waals surface area contributed by atoms with E-state index in [-0.39, 0.29) is 0 Å². The fourth-order valence-corrected chi connectivity index (χ4v) is 7.53. The first-order chi connectivity index (χ1) is 9.83. The molecule has 4 rings (SSSR count). The Hall–Kier alpha value is -0.0400. The molecule has 5 atom stereocenters. The molecule has 4 saturated carbocycles. The Kier molecular flexibility index (Phi) is 3.27. The first-order valence-electron chi connectivity index (χ1n) is 9.59. The molecule has 0 spiro atoms. The standard InChI is InChI=1S/C20H35N/c1-19(2)10-14(11-20(3,4)12-19)21-18-9-13-8-17(18)16-7-5-6-15(13)16/h13-18,21H,5-12H2,1-4H3. The van der Waals surface area contributed by atoms with E-state index in [0.717, 1.165) is 35.8 Å². The summed E-state index contributed by atoms with van der Waals surface area (Å²) < 4.78 is 0. The van der Waals surface area contributed by atoms with Crippen LogP contribution < -0.4 is 5.32 Å². The molecule has 0 amide bonds. The van der Waals surface area contributed by atoms with Gasteiger partial charge in [-0.25, -0.2) is 0 Å². The van der Waals surface area contributed by atoms with Crippen LogP contribution in [0.5, 0.6) is 0 Å². The van der Waals surface area contributed by atoms with Gasteiger partial charge in [0.1, 0.15) is 0 Å². The summed E-state index contributed by atoms with van der Waals surface area (Å²) in [4.78, 5) is 0. The molecule has 0 saturated heterocycles. The summed E-state index contributed by atoms with van der Waals surface area (Å²) in [5.41, 5.74) is 1.04. The number of fused-ring (bicyclic) bond motifs is 5. The Labute approximate surface area is 131 Å². The van der Waals surface area contributed by atoms with Crippen LogP contribution in [0.15, 0.2) is 0 Å². The second kappa shape index (κ2) is 4.73. The minimum atomic E-state index is 0.521. The summed E-state index contributed by atoms with van der Waals surface area (Å²) in [7, 11) is 0. The lowest BCUT2D eigenvalue weighted by atomic mass is 9.63. The SMILES string of the molecule is CC1(C)CC(NC2CC3CC2C2CCCC32)CC(C)(C)C1. The maximum Gasteiger partial charge on any atom is 0.0103 e. The molecule has 1 N–H and O–H groups in total. The van der Waals surface area contributed by atoms with E-state index in [1.807, 2.05) is 0 Å². The molecule has 0 aromatic rings. The molecule has 0 radical (unpaired) electrons. The van der Waals surface area contributed by atoms with Crippen molar-refractivity contribution in [3.8, 4) is 0 Å². The smallest absolute Gasteiger partial charge is 0.0103 e. The highest BCUT2D eigenvalue weighted by Gasteiger charge is 2.54. The van der Waals surface area contributed by atoms with E-state index in [2.05, 4.69) is 33.0 Å². The lowest BCUT2D eigenvalue weighted by molar-refractivity contribution is 0.0709. The van der Waals surface area contributed by atoms with Crippen molar-refractivity contribution in [2.45, 2.75) is 91.1 Å². The Bertz CT molecular complexity index is 394. The average molecular weight is 290 g/mol. The van der Waals surface area contributed by atoms with Crippen molar-refractivity contribution >= 4 is 0 Å². The molecule has 120 valence electrons. The van der Waals surface area contributed by atoms with E-state index < -0.39 is 0 Å². The maximum absolute atomic E-state index is 4.17. The highest BCUT2D eigenvalue weighted by molar-refractivity contribution is 5.06. The molecular formula is C20H35N. The van der Waals surface area contributed by atoms with Crippen molar-refractivity contribution in [3.05, 3.63) is 0 Å². The zero-order chi connectivity index (χ0) is 14.8. The number of hydrogen-bond acceptors (Lipinski definition) is 1. The summed E-state index contributed by atoms with van der Waals surface area (Å²) in [6.07, 6.45) is 11.9. The summed E-state index contributed by atoms with van der Waals surface area (Å²) in [5, 5.41) is 4.17. The van der Waals surface area contributed by atoms with E-state index in [1.54, 1.807) is 19.3 Å². The van der Waals surface area contributed by atoms with Crippen molar-refractivity contribution in [1.29, 1.82) is 0 Å². The minimum absolute atomic E-state index is 0.521. The monoisotopic (exact) mass is 289 g/mol. The Morgan fingerprint density at radius 3 is 2.19 bits per heavy atom. The summed E-state index contributed by atoms with van der Waals surface area (Å²) in [5.74, 6) is 4.36. The largest absolute Gasteiger partial charge is 0.311 e. The molecule has 4 aliphatic rings. The first kappa shape index (κ1) is 14.5. The van der Waals surface area contributed by atoms with E-state index in [4.69, 9.17) is 0 Å². The second-order valence-corrected chi connectivity index (χ2v) is 10.5. The summed E-state index contributed by atoms with van der Waals surface area (Å²) in [6, 6.07) is 1.64. The first-order valence-corrected chi connectivity index (χ1v) is 9.59. The Morgan fingerprint density at radius 2 is 1.48 bits per heavy atom. The lowest BCUT2D eigenvalue weighted by Gasteiger charge is -2.47. The van der Waals surface area contributed by atoms with Gasteiger partial charge in [-0.05, 0) is 79.4 Å². The Balaban J connectivity index is 1.43. The Morgan fingerprint density at radius 1 is 0.810 bits per heavy atom. The molecule has 21 heavy (non-hydrogen) atoms. The van der Waals surface area contributed by atoms with Crippen LogP contribution in [0.2, 0.25) is 0 Å². The third-order valence-corrected chi connectivity index (χ3v) is 7.43. The fourth-order valence-electron chi connectivity index (χ4n) is 7.53. The molecule has 5 unspecified atom stereocenters. The van der Waals surface area contributed by atoms with Crippen molar-refractivity contribution in [2.24, 2.45) is 34.5 Å². The van der Waals surface area contributed by atoms with Crippen LogP contribution in [0.3, 0.4) is 0 Å². The van der Waals surface area contributed by atoms with Gasteiger partial charge in [0, 0.05) is 12.1 Å². The third kappa shape index (κ3) is 2.58. The van der Waals surface area contributed by atoms with Gasteiger partial charge in [0.2, 0.25) is 0 Å². The normalized spacial score (nSPS) is 47.7. The van der Waals surface area contributed by atoms with Gasteiger partial charge in [-0.3, -0.25) is 0 Å². The molecule has 0 aromatic carbocycles. The summed E-state index contributed by atoms with van der Waals surface area (Å²) in [6.45, 7) is 9.93. The van der Waals surface area contributed by atoms with Gasteiger partial charge < -0.3 is 5.32 Å². The van der Waals surface area contributed by atoms with Crippen molar-refractivity contribution in [3.63, 3.8) is 0 Å². The number of nitrogens with one attached hydrogen (secondary N) is 1. The predicted octanol–water partition coefficient (Wildman–Crippen LogP) is 5.01. The number of hydrogen-bond donors (Lipinski definition) is 1. The van der Waals surface area contributed by atoms with Gasteiger partial charge in [0.15, 0.2) is 0 Å². The highest BCUT2D eigenvalue weighted by atomic mass is 15.0. The molecule has 4 aliphatic carbocycles. The third-order valence-electron chi connectivity index (χ3n) is 7.43. The molecule has 4 fully saturated rings. The van der Waals surface area contributed by atoms with E-state index in [9.17, 15) is 0 Å². The van der Waals surface area contributed by atoms with Crippen LogP contribution in [0.1, 0.15) is 79.1 Å². The van der Waals surface area contributed by atoms with E-state index in [0.29, 0.717) is 10.8 Å². The summed E-state index contributed by atoms with van der Waals surface area (Å²) >= 11 is 0. The minimum Gasteiger partial charge on any atom is -0.311 e. The van der Waals surface area contributed by atoms with Gasteiger partial charge >= 0.3 is 0 Å². The molecule has 0 heterocycles. The van der Waals surface area contributed by atoms with Crippen molar-refractivity contribution < 1.29 is 0 Å². The van der Waals surface area contributed by atoms with Gasteiger partial charge in [-0.2, -0.15) is 0 Å². The second-order valence-electron chi connectivity index (χ2n) is 10.5. The van der Waals surface area contributed by atoms with Gasteiger partial charge in [-0.15, -0.1) is 0 Å². The molecule has 1 heteroatoms. The van der Waals surface area contributed by atoms with Crippen LogP contribution in [-0.4, -0.2) is 12.1 Å². The zero-order valence-electron chi connectivity index (χ0n) is 14.6. The van der Waals surface area contributed by atoms with Crippen molar-refractivity contribution in [1.82, 2.24) is 5.32 Å². The molecule has 0 aromatic heterocycles. The lowest BCUT2D eigenvalue weighted by Crippen LogP contribution is -2.50. The van der Waals surface area contributed by atoms with E-state index in [1.165, 1.54) is 32.1 Å². The topological polar surface area (TPSA) is 12.0 Å². The van der Waals surface area contributed by atoms with E-state index >= 15 is 0 Å². The fraction of sp³-hybridized carbons (Fsp3) is 1.00. The average Bonchev–Trinajstić information content (AvgIpc) is 2.93. The quantitative estimate of drug-likeness (QED) is 0.754. The van der Waals surface area contributed by atoms with Crippen LogP contribution in [0.4, 0.5) is 0 Å². The zero-order valence-corrected chi connectivity index (χ0v) is 14.6. The maximum atomic E-state index is 4.17. The number of rotatable bonds is 2. The highest BCUT2D eigenvalue weighted by Crippen LogP contribution is 2.59. The molecule has 0 aliphatic heterocycles. The molecular weight excluding hydrogens is 254 g/mol. The van der Waals surface area contributed by atoms with Crippen LogP contribution in [0, 0.1) is 34.5 Å². The predicted molar refractivity (Wildman–Crippen MR) is 89.2 cm³/mol. The molecule has 2 bridgehead atoms. The molecule has 1 nitrogen and oxygen atoms in total. The van der Waals surface area contributed by atoms with Crippen molar-refractivity contribution in [2.75, 3.05) is 0 Å². The van der Waals surface area contributed by atoms with Crippen LogP contribution in [0.25, 0.3) is 0 Å². The van der Waals surface area contributed by atoms with Gasteiger partial charge in [0.25, 0.3) is 0 Å².